The van der Waals surface area contributed by atoms with Crippen LogP contribution in [0.4, 0.5) is 18.9 Å². The Labute approximate surface area is 135 Å². The van der Waals surface area contributed by atoms with Gasteiger partial charge in [0.05, 0.1) is 36.0 Å². The Morgan fingerprint density at radius 3 is 2.83 bits per heavy atom. The van der Waals surface area contributed by atoms with Crippen LogP contribution in [0.1, 0.15) is 28.9 Å². The third-order valence-corrected chi connectivity index (χ3v) is 3.74. The number of nitriles is 1. The molecule has 0 amide bonds. The van der Waals surface area contributed by atoms with Gasteiger partial charge in [0, 0.05) is 6.54 Å². The zero-order chi connectivity index (χ0) is 17.3. The van der Waals surface area contributed by atoms with Crippen LogP contribution in [0, 0.1) is 18.3 Å². The van der Waals surface area contributed by atoms with Gasteiger partial charge in [-0.1, -0.05) is 0 Å². The average molecular weight is 337 g/mol. The lowest BCUT2D eigenvalue weighted by atomic mass is 10.1. The molecule has 1 saturated heterocycles. The Morgan fingerprint density at radius 1 is 1.42 bits per heavy atom. The van der Waals surface area contributed by atoms with Gasteiger partial charge in [-0.05, 0) is 25.1 Å². The molecule has 1 aliphatic rings. The molecule has 3 rings (SSSR count). The highest BCUT2D eigenvalue weighted by Gasteiger charge is 2.36. The Bertz CT molecular complexity index is 780. The van der Waals surface area contributed by atoms with Gasteiger partial charge in [-0.3, -0.25) is 5.10 Å². The number of aromatic amines is 1. The van der Waals surface area contributed by atoms with E-state index in [1.54, 1.807) is 11.8 Å². The Morgan fingerprint density at radius 2 is 2.21 bits per heavy atom. The van der Waals surface area contributed by atoms with Gasteiger partial charge in [0.1, 0.15) is 11.9 Å². The summed E-state index contributed by atoms with van der Waals surface area (Å²) in [7, 11) is 0. The molecule has 6 nitrogen and oxygen atoms in total. The molecule has 0 bridgehead atoms. The van der Waals surface area contributed by atoms with Crippen LogP contribution in [0.3, 0.4) is 0 Å². The fourth-order valence-electron chi connectivity index (χ4n) is 2.63. The molecule has 1 aliphatic heterocycles. The number of morpholine rings is 1. The minimum Gasteiger partial charge on any atom is -0.366 e. The molecular formula is C15H14F3N5O. The fraction of sp³-hybridized carbons (Fsp3) is 0.400. The number of hydrogen-bond donors (Lipinski definition) is 1. The Hall–Kier alpha value is -2.60. The number of anilines is 1. The number of ether oxygens (including phenoxy) is 1. The van der Waals surface area contributed by atoms with Crippen LogP contribution in [0.2, 0.25) is 0 Å². The SMILES string of the molecule is Cc1nc([C@@H]2CN(c3cc(C#N)ccc3C(F)(F)F)CCO2)n[nH]1. The van der Waals surface area contributed by atoms with Crippen molar-refractivity contribution in [3.05, 3.63) is 41.0 Å². The van der Waals surface area contributed by atoms with Gasteiger partial charge in [0.15, 0.2) is 5.82 Å². The molecule has 24 heavy (non-hydrogen) atoms. The highest BCUT2D eigenvalue weighted by molar-refractivity contribution is 5.59. The zero-order valence-corrected chi connectivity index (χ0v) is 12.8. The first kappa shape index (κ1) is 16.3. The fourth-order valence-corrected chi connectivity index (χ4v) is 2.63. The van der Waals surface area contributed by atoms with E-state index in [-0.39, 0.29) is 30.9 Å². The lowest BCUT2D eigenvalue weighted by Gasteiger charge is -2.34. The molecule has 2 aromatic rings. The molecule has 0 aliphatic carbocycles. The van der Waals surface area contributed by atoms with Gasteiger partial charge in [-0.15, -0.1) is 0 Å². The Balaban J connectivity index is 1.94. The van der Waals surface area contributed by atoms with E-state index in [2.05, 4.69) is 15.2 Å². The molecule has 1 N–H and O–H groups in total. The minimum absolute atomic E-state index is 0.0258. The van der Waals surface area contributed by atoms with Crippen LogP contribution >= 0.6 is 0 Å². The normalized spacial score (nSPS) is 18.5. The number of hydrogen-bond acceptors (Lipinski definition) is 5. The largest absolute Gasteiger partial charge is 0.418 e. The van der Waals surface area contributed by atoms with Gasteiger partial charge in [-0.2, -0.15) is 23.5 Å². The molecular weight excluding hydrogens is 323 g/mol. The molecule has 0 radical (unpaired) electrons. The van der Waals surface area contributed by atoms with Crippen molar-refractivity contribution < 1.29 is 17.9 Å². The Kier molecular flexibility index (Phi) is 4.15. The molecule has 9 heteroatoms. The van der Waals surface area contributed by atoms with Gasteiger partial charge >= 0.3 is 6.18 Å². The van der Waals surface area contributed by atoms with Crippen molar-refractivity contribution in [1.29, 1.82) is 5.26 Å². The summed E-state index contributed by atoms with van der Waals surface area (Å²) in [6.07, 6.45) is -5.03. The van der Waals surface area contributed by atoms with E-state index in [0.717, 1.165) is 6.07 Å². The van der Waals surface area contributed by atoms with Gasteiger partial charge in [-0.25, -0.2) is 4.98 Å². The smallest absolute Gasteiger partial charge is 0.366 e. The summed E-state index contributed by atoms with van der Waals surface area (Å²) in [4.78, 5) is 5.73. The third-order valence-electron chi connectivity index (χ3n) is 3.74. The number of benzene rings is 1. The molecule has 126 valence electrons. The first-order valence-corrected chi connectivity index (χ1v) is 7.25. The summed E-state index contributed by atoms with van der Waals surface area (Å²) < 4.78 is 45.5. The van der Waals surface area contributed by atoms with Gasteiger partial charge in [0.25, 0.3) is 0 Å². The molecule has 0 spiro atoms. The van der Waals surface area contributed by atoms with Crippen molar-refractivity contribution in [2.75, 3.05) is 24.6 Å². The highest BCUT2D eigenvalue weighted by Crippen LogP contribution is 2.38. The van der Waals surface area contributed by atoms with Crippen LogP contribution in [0.25, 0.3) is 0 Å². The molecule has 1 atom stereocenters. The number of halogens is 3. The molecule has 0 unspecified atom stereocenters. The van der Waals surface area contributed by atoms with Crippen LogP contribution in [0.15, 0.2) is 18.2 Å². The number of H-pyrrole nitrogens is 1. The number of nitrogens with zero attached hydrogens (tertiary/aromatic N) is 4. The summed E-state index contributed by atoms with van der Waals surface area (Å²) in [6.45, 7) is 2.44. The number of aryl methyl sites for hydroxylation is 1. The third kappa shape index (κ3) is 3.19. The van der Waals surface area contributed by atoms with E-state index in [1.807, 2.05) is 6.07 Å². The van der Waals surface area contributed by atoms with Gasteiger partial charge in [0.2, 0.25) is 0 Å². The maximum absolute atomic E-state index is 13.3. The van der Waals surface area contributed by atoms with E-state index >= 15 is 0 Å². The summed E-state index contributed by atoms with van der Waals surface area (Å²) in [5.74, 6) is 1.01. The van der Waals surface area contributed by atoms with E-state index in [0.29, 0.717) is 11.6 Å². The standard InChI is InChI=1S/C15H14F3N5O/c1-9-20-14(22-21-9)13-8-23(4-5-24-13)12-6-10(7-19)2-3-11(12)15(16,17)18/h2-3,6,13H,4-5,8H2,1H3,(H,20,21,22)/t13-/m0/s1. The second-order valence-corrected chi connectivity index (χ2v) is 5.43. The second kappa shape index (κ2) is 6.13. The van der Waals surface area contributed by atoms with Crippen molar-refractivity contribution in [2.45, 2.75) is 19.2 Å². The van der Waals surface area contributed by atoms with Crippen molar-refractivity contribution in [3.8, 4) is 6.07 Å². The van der Waals surface area contributed by atoms with Crippen molar-refractivity contribution in [1.82, 2.24) is 15.2 Å². The van der Waals surface area contributed by atoms with E-state index < -0.39 is 17.8 Å². The highest BCUT2D eigenvalue weighted by atomic mass is 19.4. The first-order chi connectivity index (χ1) is 11.4. The molecule has 2 heterocycles. The summed E-state index contributed by atoms with van der Waals surface area (Å²) in [5, 5.41) is 15.7. The number of rotatable bonds is 2. The average Bonchev–Trinajstić information content (AvgIpc) is 3.00. The summed E-state index contributed by atoms with van der Waals surface area (Å²) in [5.41, 5.74) is -0.620. The summed E-state index contributed by atoms with van der Waals surface area (Å²) >= 11 is 0. The van der Waals surface area contributed by atoms with Crippen LogP contribution in [0.5, 0.6) is 0 Å². The van der Waals surface area contributed by atoms with E-state index in [9.17, 15) is 13.2 Å². The maximum Gasteiger partial charge on any atom is 0.418 e. The monoisotopic (exact) mass is 337 g/mol. The van der Waals surface area contributed by atoms with Gasteiger partial charge < -0.3 is 9.64 Å². The topological polar surface area (TPSA) is 77.8 Å². The van der Waals surface area contributed by atoms with Crippen LogP contribution in [-0.4, -0.2) is 34.9 Å². The predicted octanol–water partition coefficient (Wildman–Crippen LogP) is 2.58. The van der Waals surface area contributed by atoms with E-state index in [4.69, 9.17) is 10.00 Å². The lowest BCUT2D eigenvalue weighted by Crippen LogP contribution is -2.39. The lowest BCUT2D eigenvalue weighted by molar-refractivity contribution is -0.137. The van der Waals surface area contributed by atoms with Crippen LogP contribution in [-0.2, 0) is 10.9 Å². The van der Waals surface area contributed by atoms with E-state index in [1.165, 1.54) is 12.1 Å². The molecule has 1 aromatic heterocycles. The molecule has 0 saturated carbocycles. The molecule has 1 fully saturated rings. The quantitative estimate of drug-likeness (QED) is 0.911. The number of aromatic nitrogens is 3. The maximum atomic E-state index is 13.3. The molecule has 1 aromatic carbocycles. The first-order valence-electron chi connectivity index (χ1n) is 7.25. The van der Waals surface area contributed by atoms with Crippen molar-refractivity contribution in [3.63, 3.8) is 0 Å². The predicted molar refractivity (Wildman–Crippen MR) is 78.2 cm³/mol. The van der Waals surface area contributed by atoms with Crippen molar-refractivity contribution >= 4 is 5.69 Å². The van der Waals surface area contributed by atoms with Crippen LogP contribution < -0.4 is 4.90 Å². The summed E-state index contributed by atoms with van der Waals surface area (Å²) in [6, 6.07) is 5.24. The number of alkyl halides is 3. The zero-order valence-electron chi connectivity index (χ0n) is 12.8. The number of nitrogens with one attached hydrogen (secondary N) is 1. The second-order valence-electron chi connectivity index (χ2n) is 5.43. The van der Waals surface area contributed by atoms with Crippen molar-refractivity contribution in [2.24, 2.45) is 0 Å². The minimum atomic E-state index is -4.50.